The lowest BCUT2D eigenvalue weighted by Gasteiger charge is -2.37. The molecule has 2 aliphatic heterocycles. The van der Waals surface area contributed by atoms with E-state index in [0.29, 0.717) is 18.8 Å². The smallest absolute Gasteiger partial charge is 0.268 e. The highest BCUT2D eigenvalue weighted by atomic mass is 32.2. The van der Waals surface area contributed by atoms with E-state index in [1.54, 1.807) is 18.9 Å². The van der Waals surface area contributed by atoms with Crippen LogP contribution in [0.5, 0.6) is 5.75 Å². The maximum Gasteiger partial charge on any atom is 0.268 e. The van der Waals surface area contributed by atoms with Crippen molar-refractivity contribution < 1.29 is 14.3 Å². The maximum absolute atomic E-state index is 14.1. The van der Waals surface area contributed by atoms with Gasteiger partial charge in [0, 0.05) is 23.8 Å². The molecule has 2 amide bonds. The van der Waals surface area contributed by atoms with Crippen LogP contribution in [0.3, 0.4) is 0 Å². The van der Waals surface area contributed by atoms with Crippen LogP contribution in [0.15, 0.2) is 42.5 Å². The van der Waals surface area contributed by atoms with Crippen LogP contribution < -0.4 is 9.64 Å². The minimum Gasteiger partial charge on any atom is -0.497 e. The van der Waals surface area contributed by atoms with Crippen LogP contribution in [-0.4, -0.2) is 36.1 Å². The summed E-state index contributed by atoms with van der Waals surface area (Å²) in [6.07, 6.45) is 2.96. The van der Waals surface area contributed by atoms with E-state index in [4.69, 9.17) is 4.74 Å². The van der Waals surface area contributed by atoms with E-state index in [0.717, 1.165) is 41.8 Å². The Hall–Kier alpha value is -2.47. The Balaban J connectivity index is 1.53. The maximum atomic E-state index is 14.1. The van der Waals surface area contributed by atoms with E-state index in [1.165, 1.54) is 5.56 Å². The summed E-state index contributed by atoms with van der Waals surface area (Å²) in [5.41, 5.74) is 4.19. The average molecular weight is 465 g/mol. The molecular formula is C27H32N2O3S. The number of hydrogen-bond acceptors (Lipinski definition) is 4. The molecule has 174 valence electrons. The standard InChI is InChI=1S/C27H32N2O3S/c1-26(2,3)20-10-8-18(9-11-20)17-28-23-13-12-21(32-4)16-22(23)27(25(28)31)29(14-15-33-27)24(30)19-6-5-7-19/h8-13,16,19H,5-7,14-15,17H2,1-4H3/t27-/m1/s1. The van der Waals surface area contributed by atoms with E-state index < -0.39 is 4.87 Å². The SMILES string of the molecule is COc1ccc2c(c1)[C@@]1(SCCN1C(=O)C1CCC1)C(=O)N2Cc1ccc(C(C)(C)C)cc1. The molecule has 5 rings (SSSR count). The highest BCUT2D eigenvalue weighted by Gasteiger charge is 2.60. The van der Waals surface area contributed by atoms with Crippen molar-refractivity contribution in [1.82, 2.24) is 4.90 Å². The van der Waals surface area contributed by atoms with Crippen LogP contribution in [0.1, 0.15) is 56.7 Å². The minimum atomic E-state index is -0.984. The lowest BCUT2D eigenvalue weighted by molar-refractivity contribution is -0.145. The van der Waals surface area contributed by atoms with Crippen molar-refractivity contribution in [3.8, 4) is 5.75 Å². The highest BCUT2D eigenvalue weighted by Crippen LogP contribution is 2.56. The van der Waals surface area contributed by atoms with Crippen LogP contribution in [0, 0.1) is 5.92 Å². The summed E-state index contributed by atoms with van der Waals surface area (Å²) >= 11 is 1.59. The molecule has 2 fully saturated rings. The molecular weight excluding hydrogens is 432 g/mol. The predicted molar refractivity (Wildman–Crippen MR) is 133 cm³/mol. The van der Waals surface area contributed by atoms with E-state index in [2.05, 4.69) is 45.0 Å². The van der Waals surface area contributed by atoms with Crippen LogP contribution in [-0.2, 0) is 26.4 Å². The molecule has 0 unspecified atom stereocenters. The largest absolute Gasteiger partial charge is 0.497 e. The summed E-state index contributed by atoms with van der Waals surface area (Å²) in [4.78, 5) is 30.3. The zero-order valence-electron chi connectivity index (χ0n) is 19.9. The zero-order valence-corrected chi connectivity index (χ0v) is 20.7. The summed E-state index contributed by atoms with van der Waals surface area (Å²) in [7, 11) is 1.64. The average Bonchev–Trinajstić information content (AvgIpc) is 3.29. The number of nitrogens with zero attached hydrogens (tertiary/aromatic N) is 2. The number of carbonyl (C=O) groups is 2. The van der Waals surface area contributed by atoms with Crippen molar-refractivity contribution in [1.29, 1.82) is 0 Å². The molecule has 1 saturated heterocycles. The number of ether oxygens (including phenoxy) is 1. The number of amides is 2. The topological polar surface area (TPSA) is 49.9 Å². The summed E-state index contributed by atoms with van der Waals surface area (Å²) in [5, 5.41) is 0. The number of methoxy groups -OCH3 is 1. The van der Waals surface area contributed by atoms with Crippen LogP contribution >= 0.6 is 11.8 Å². The Morgan fingerprint density at radius 2 is 1.88 bits per heavy atom. The van der Waals surface area contributed by atoms with Crippen molar-refractivity contribution in [2.45, 2.75) is 56.9 Å². The number of carbonyl (C=O) groups excluding carboxylic acids is 2. The molecule has 2 aromatic carbocycles. The molecule has 1 atom stereocenters. The molecule has 2 aromatic rings. The van der Waals surface area contributed by atoms with Crippen LogP contribution in [0.2, 0.25) is 0 Å². The lowest BCUT2D eigenvalue weighted by atomic mass is 9.84. The zero-order chi connectivity index (χ0) is 23.4. The quantitative estimate of drug-likeness (QED) is 0.634. The van der Waals surface area contributed by atoms with Crippen molar-refractivity contribution in [2.75, 3.05) is 24.3 Å². The first kappa shape index (κ1) is 22.3. The minimum absolute atomic E-state index is 0.0131. The van der Waals surface area contributed by atoms with Gasteiger partial charge in [0.05, 0.1) is 19.3 Å². The molecule has 1 spiro atoms. The van der Waals surface area contributed by atoms with Gasteiger partial charge >= 0.3 is 0 Å². The van der Waals surface area contributed by atoms with Gasteiger partial charge in [-0.15, -0.1) is 11.8 Å². The molecule has 33 heavy (non-hydrogen) atoms. The van der Waals surface area contributed by atoms with Gasteiger partial charge in [0.1, 0.15) is 5.75 Å². The lowest BCUT2D eigenvalue weighted by Crippen LogP contribution is -2.52. The number of anilines is 1. The molecule has 2 heterocycles. The third-order valence-electron chi connectivity index (χ3n) is 7.28. The van der Waals surface area contributed by atoms with Gasteiger partial charge in [0.25, 0.3) is 5.91 Å². The van der Waals surface area contributed by atoms with Gasteiger partial charge in [-0.3, -0.25) is 9.59 Å². The van der Waals surface area contributed by atoms with Gasteiger partial charge in [0.2, 0.25) is 5.91 Å². The normalized spacial score (nSPS) is 22.6. The fraction of sp³-hybridized carbons (Fsp3) is 0.481. The van der Waals surface area contributed by atoms with Gasteiger partial charge in [-0.2, -0.15) is 0 Å². The van der Waals surface area contributed by atoms with Gasteiger partial charge in [-0.05, 0) is 47.6 Å². The van der Waals surface area contributed by atoms with Crippen molar-refractivity contribution in [3.63, 3.8) is 0 Å². The van der Waals surface area contributed by atoms with E-state index >= 15 is 0 Å². The first-order chi connectivity index (χ1) is 15.8. The summed E-state index contributed by atoms with van der Waals surface area (Å²) in [5.74, 6) is 1.64. The van der Waals surface area contributed by atoms with Gasteiger partial charge in [-0.1, -0.05) is 51.5 Å². The highest BCUT2D eigenvalue weighted by molar-refractivity contribution is 8.01. The predicted octanol–water partition coefficient (Wildman–Crippen LogP) is 5.07. The third kappa shape index (κ3) is 3.54. The summed E-state index contributed by atoms with van der Waals surface area (Å²) in [6, 6.07) is 14.3. The second-order valence-corrected chi connectivity index (χ2v) is 11.6. The first-order valence-corrected chi connectivity index (χ1v) is 12.8. The van der Waals surface area contributed by atoms with Crippen LogP contribution in [0.25, 0.3) is 0 Å². The van der Waals surface area contributed by atoms with Gasteiger partial charge in [-0.25, -0.2) is 0 Å². The second-order valence-electron chi connectivity index (χ2n) is 10.3. The summed E-state index contributed by atoms with van der Waals surface area (Å²) in [6.45, 7) is 7.69. The fourth-order valence-electron chi connectivity index (χ4n) is 5.07. The van der Waals surface area contributed by atoms with E-state index in [9.17, 15) is 9.59 Å². The molecule has 0 bridgehead atoms. The Kier molecular flexibility index (Phi) is 5.47. The molecule has 3 aliphatic rings. The molecule has 6 heteroatoms. The molecule has 1 aliphatic carbocycles. The van der Waals surface area contributed by atoms with E-state index in [1.807, 2.05) is 28.0 Å². The summed E-state index contributed by atoms with van der Waals surface area (Å²) < 4.78 is 5.51. The Labute approximate surface area is 200 Å². The van der Waals surface area contributed by atoms with Crippen molar-refractivity contribution in [3.05, 3.63) is 59.2 Å². The monoisotopic (exact) mass is 464 g/mol. The first-order valence-electron chi connectivity index (χ1n) is 11.8. The fourth-order valence-corrected chi connectivity index (χ4v) is 6.53. The number of thioether (sulfide) groups is 1. The molecule has 0 radical (unpaired) electrons. The molecule has 0 N–H and O–H groups in total. The second kappa shape index (κ2) is 8.08. The molecule has 0 aromatic heterocycles. The Morgan fingerprint density at radius 1 is 1.15 bits per heavy atom. The van der Waals surface area contributed by atoms with E-state index in [-0.39, 0.29) is 23.1 Å². The number of fused-ring (bicyclic) bond motifs is 2. The van der Waals surface area contributed by atoms with Crippen molar-refractivity contribution >= 4 is 29.3 Å². The Morgan fingerprint density at radius 3 is 2.48 bits per heavy atom. The number of hydrogen-bond donors (Lipinski definition) is 0. The van der Waals surface area contributed by atoms with Gasteiger partial charge < -0.3 is 14.5 Å². The van der Waals surface area contributed by atoms with Crippen molar-refractivity contribution in [2.24, 2.45) is 5.92 Å². The molecule has 5 nitrogen and oxygen atoms in total. The molecule has 1 saturated carbocycles. The number of rotatable bonds is 4. The van der Waals surface area contributed by atoms with Gasteiger partial charge in [0.15, 0.2) is 4.87 Å². The third-order valence-corrected chi connectivity index (χ3v) is 8.70. The Bertz CT molecular complexity index is 1090. The van der Waals surface area contributed by atoms with Crippen LogP contribution in [0.4, 0.5) is 5.69 Å². The number of benzene rings is 2.